The van der Waals surface area contributed by atoms with Crippen LogP contribution in [0, 0.1) is 0 Å². The Morgan fingerprint density at radius 2 is 1.88 bits per heavy atom. The van der Waals surface area contributed by atoms with Crippen LogP contribution >= 0.6 is 35.0 Å². The Morgan fingerprint density at radius 3 is 2.47 bits per heavy atom. The SMILES string of the molecule is CC(C)(C)NCCCSc1ccc(Cl)c(Cl)c1. The van der Waals surface area contributed by atoms with E-state index in [4.69, 9.17) is 23.2 Å². The minimum Gasteiger partial charge on any atom is -0.312 e. The van der Waals surface area contributed by atoms with Crippen molar-refractivity contribution in [1.82, 2.24) is 5.32 Å². The van der Waals surface area contributed by atoms with E-state index in [9.17, 15) is 0 Å². The first-order chi connectivity index (χ1) is 7.88. The van der Waals surface area contributed by atoms with Crippen molar-refractivity contribution in [2.45, 2.75) is 37.6 Å². The van der Waals surface area contributed by atoms with Crippen LogP contribution < -0.4 is 5.32 Å². The number of halogens is 2. The molecule has 4 heteroatoms. The zero-order chi connectivity index (χ0) is 12.9. The van der Waals surface area contributed by atoms with Crippen molar-refractivity contribution in [3.63, 3.8) is 0 Å². The van der Waals surface area contributed by atoms with Crippen LogP contribution in [-0.2, 0) is 0 Å². The van der Waals surface area contributed by atoms with Crippen LogP contribution in [0.15, 0.2) is 23.1 Å². The lowest BCUT2D eigenvalue weighted by molar-refractivity contribution is 0.427. The van der Waals surface area contributed by atoms with Crippen LogP contribution in [0.2, 0.25) is 10.0 Å². The Labute approximate surface area is 118 Å². The highest BCUT2D eigenvalue weighted by Gasteiger charge is 2.07. The summed E-state index contributed by atoms with van der Waals surface area (Å²) >= 11 is 13.6. The van der Waals surface area contributed by atoms with Crippen LogP contribution in [0.3, 0.4) is 0 Å². The summed E-state index contributed by atoms with van der Waals surface area (Å²) in [6, 6.07) is 5.78. The molecule has 0 atom stereocenters. The van der Waals surface area contributed by atoms with Crippen LogP contribution in [0.1, 0.15) is 27.2 Å². The molecule has 1 N–H and O–H groups in total. The molecule has 17 heavy (non-hydrogen) atoms. The van der Waals surface area contributed by atoms with Gasteiger partial charge in [-0.3, -0.25) is 0 Å². The molecule has 1 aromatic carbocycles. The molecule has 0 saturated heterocycles. The molecular weight excluding hydrogens is 273 g/mol. The van der Waals surface area contributed by atoms with Crippen molar-refractivity contribution in [3.05, 3.63) is 28.2 Å². The van der Waals surface area contributed by atoms with Gasteiger partial charge in [-0.1, -0.05) is 23.2 Å². The number of thioether (sulfide) groups is 1. The highest BCUT2D eigenvalue weighted by Crippen LogP contribution is 2.28. The van der Waals surface area contributed by atoms with Crippen molar-refractivity contribution in [3.8, 4) is 0 Å². The predicted octanol–water partition coefficient (Wildman–Crippen LogP) is 4.86. The normalized spacial score (nSPS) is 11.8. The first-order valence-electron chi connectivity index (χ1n) is 5.71. The van der Waals surface area contributed by atoms with E-state index in [0.29, 0.717) is 10.0 Å². The Balaban J connectivity index is 2.25. The third-order valence-corrected chi connectivity index (χ3v) is 3.96. The second kappa shape index (κ2) is 6.89. The van der Waals surface area contributed by atoms with Gasteiger partial charge in [0.15, 0.2) is 0 Å². The van der Waals surface area contributed by atoms with E-state index in [1.54, 1.807) is 0 Å². The molecule has 0 aromatic heterocycles. The molecule has 0 bridgehead atoms. The summed E-state index contributed by atoms with van der Waals surface area (Å²) in [6.45, 7) is 7.58. The first kappa shape index (κ1) is 15.2. The molecule has 0 fully saturated rings. The first-order valence-corrected chi connectivity index (χ1v) is 7.45. The minimum absolute atomic E-state index is 0.203. The van der Waals surface area contributed by atoms with Crippen LogP contribution in [0.5, 0.6) is 0 Å². The van der Waals surface area contributed by atoms with E-state index in [1.807, 2.05) is 30.0 Å². The summed E-state index contributed by atoms with van der Waals surface area (Å²) in [5, 5.41) is 4.71. The van der Waals surface area contributed by atoms with Crippen molar-refractivity contribution < 1.29 is 0 Å². The van der Waals surface area contributed by atoms with Crippen molar-refractivity contribution in [2.75, 3.05) is 12.3 Å². The number of nitrogens with one attached hydrogen (secondary N) is 1. The lowest BCUT2D eigenvalue weighted by Crippen LogP contribution is -2.36. The average molecular weight is 292 g/mol. The molecule has 0 saturated carbocycles. The summed E-state index contributed by atoms with van der Waals surface area (Å²) in [4.78, 5) is 1.18. The molecule has 0 aliphatic rings. The molecule has 1 aromatic rings. The van der Waals surface area contributed by atoms with Gasteiger partial charge >= 0.3 is 0 Å². The number of rotatable bonds is 5. The van der Waals surface area contributed by atoms with Gasteiger partial charge in [-0.2, -0.15) is 0 Å². The maximum Gasteiger partial charge on any atom is 0.0603 e. The van der Waals surface area contributed by atoms with Gasteiger partial charge < -0.3 is 5.32 Å². The van der Waals surface area contributed by atoms with Crippen molar-refractivity contribution in [2.24, 2.45) is 0 Å². The fourth-order valence-electron chi connectivity index (χ4n) is 1.29. The molecular formula is C13H19Cl2NS. The zero-order valence-electron chi connectivity index (χ0n) is 10.5. The second-order valence-electron chi connectivity index (χ2n) is 4.95. The summed E-state index contributed by atoms with van der Waals surface area (Å²) in [6.07, 6.45) is 1.14. The summed E-state index contributed by atoms with van der Waals surface area (Å²) in [5.41, 5.74) is 0.203. The maximum absolute atomic E-state index is 5.96. The van der Waals surface area contributed by atoms with Gasteiger partial charge in [-0.05, 0) is 57.7 Å². The van der Waals surface area contributed by atoms with E-state index < -0.39 is 0 Å². The van der Waals surface area contributed by atoms with Gasteiger partial charge in [0, 0.05) is 10.4 Å². The molecule has 0 spiro atoms. The summed E-state index contributed by atoms with van der Waals surface area (Å²) in [5.74, 6) is 1.08. The molecule has 0 aliphatic heterocycles. The van der Waals surface area contributed by atoms with Crippen LogP contribution in [-0.4, -0.2) is 17.8 Å². The largest absolute Gasteiger partial charge is 0.312 e. The molecule has 0 unspecified atom stereocenters. The highest BCUT2D eigenvalue weighted by molar-refractivity contribution is 7.99. The van der Waals surface area contributed by atoms with Crippen LogP contribution in [0.4, 0.5) is 0 Å². The zero-order valence-corrected chi connectivity index (χ0v) is 12.8. The Bertz CT molecular complexity index is 361. The summed E-state index contributed by atoms with van der Waals surface area (Å²) < 4.78 is 0. The topological polar surface area (TPSA) is 12.0 Å². The number of hydrogen-bond donors (Lipinski definition) is 1. The highest BCUT2D eigenvalue weighted by atomic mass is 35.5. The Kier molecular flexibility index (Phi) is 6.14. The summed E-state index contributed by atoms with van der Waals surface area (Å²) in [7, 11) is 0. The van der Waals surface area contributed by atoms with Crippen LogP contribution in [0.25, 0.3) is 0 Å². The van der Waals surface area contributed by atoms with Gasteiger partial charge in [-0.25, -0.2) is 0 Å². The van der Waals surface area contributed by atoms with E-state index in [1.165, 1.54) is 4.90 Å². The molecule has 1 rings (SSSR count). The standard InChI is InChI=1S/C13H19Cl2NS/c1-13(2,3)16-7-4-8-17-10-5-6-11(14)12(15)9-10/h5-6,9,16H,4,7-8H2,1-3H3. The maximum atomic E-state index is 5.96. The third-order valence-electron chi connectivity index (χ3n) is 2.14. The van der Waals surface area contributed by atoms with Gasteiger partial charge in [0.1, 0.15) is 0 Å². The van der Waals surface area contributed by atoms with Gasteiger partial charge in [-0.15, -0.1) is 11.8 Å². The second-order valence-corrected chi connectivity index (χ2v) is 6.94. The molecule has 1 nitrogen and oxygen atoms in total. The fourth-order valence-corrected chi connectivity index (χ4v) is 2.54. The molecule has 0 amide bonds. The predicted molar refractivity (Wildman–Crippen MR) is 79.6 cm³/mol. The molecule has 0 heterocycles. The smallest absolute Gasteiger partial charge is 0.0603 e. The lowest BCUT2D eigenvalue weighted by atomic mass is 10.1. The Hall–Kier alpha value is 0.110. The molecule has 96 valence electrons. The third kappa shape index (κ3) is 6.56. The molecule has 0 aliphatic carbocycles. The van der Waals surface area contributed by atoms with Gasteiger partial charge in [0.2, 0.25) is 0 Å². The fraction of sp³-hybridized carbons (Fsp3) is 0.538. The monoisotopic (exact) mass is 291 g/mol. The van der Waals surface area contributed by atoms with E-state index in [2.05, 4.69) is 26.1 Å². The lowest BCUT2D eigenvalue weighted by Gasteiger charge is -2.20. The average Bonchev–Trinajstić information content (AvgIpc) is 2.21. The number of hydrogen-bond acceptors (Lipinski definition) is 2. The molecule has 0 radical (unpaired) electrons. The van der Waals surface area contributed by atoms with Gasteiger partial charge in [0.25, 0.3) is 0 Å². The minimum atomic E-state index is 0.203. The number of benzene rings is 1. The quantitative estimate of drug-likeness (QED) is 0.614. The Morgan fingerprint density at radius 1 is 1.18 bits per heavy atom. The van der Waals surface area contributed by atoms with E-state index in [0.717, 1.165) is 18.7 Å². The van der Waals surface area contributed by atoms with Crippen molar-refractivity contribution in [1.29, 1.82) is 0 Å². The van der Waals surface area contributed by atoms with Gasteiger partial charge in [0.05, 0.1) is 10.0 Å². The van der Waals surface area contributed by atoms with E-state index in [-0.39, 0.29) is 5.54 Å². The van der Waals surface area contributed by atoms with Crippen molar-refractivity contribution >= 4 is 35.0 Å². The van der Waals surface area contributed by atoms with E-state index >= 15 is 0 Å².